The molecule has 2 saturated heterocycles. The highest BCUT2D eigenvalue weighted by Crippen LogP contribution is 2.20. The zero-order valence-electron chi connectivity index (χ0n) is 19.1. The number of guanidine groups is 1. The highest BCUT2D eigenvalue weighted by atomic mass is 16.5. The number of benzene rings is 1. The number of hydrogen-bond donors (Lipinski definition) is 1. The zero-order chi connectivity index (χ0) is 21.2. The van der Waals surface area contributed by atoms with Gasteiger partial charge in [-0.15, -0.1) is 0 Å². The molecule has 0 amide bonds. The number of nitrogens with zero attached hydrogens (tertiary/aromatic N) is 3. The topological polar surface area (TPSA) is 49.3 Å². The molecule has 0 aliphatic carbocycles. The van der Waals surface area contributed by atoms with Crippen LogP contribution in [0.15, 0.2) is 29.3 Å². The van der Waals surface area contributed by atoms with Crippen molar-refractivity contribution in [2.75, 3.05) is 60.6 Å². The number of rotatable bonds is 8. The van der Waals surface area contributed by atoms with Gasteiger partial charge in [-0.25, -0.2) is 0 Å². The van der Waals surface area contributed by atoms with Crippen LogP contribution in [0.5, 0.6) is 5.75 Å². The van der Waals surface area contributed by atoms with Crippen molar-refractivity contribution in [3.8, 4) is 5.75 Å². The molecular formula is C24H40N4O2. The van der Waals surface area contributed by atoms with E-state index in [1.54, 1.807) is 7.11 Å². The van der Waals surface area contributed by atoms with Gasteiger partial charge in [-0.3, -0.25) is 9.89 Å². The van der Waals surface area contributed by atoms with Gasteiger partial charge in [-0.1, -0.05) is 12.1 Å². The van der Waals surface area contributed by atoms with Gasteiger partial charge in [-0.2, -0.15) is 0 Å². The largest absolute Gasteiger partial charge is 0.497 e. The summed E-state index contributed by atoms with van der Waals surface area (Å²) in [6.07, 6.45) is 6.12. The Labute approximate surface area is 182 Å². The second-order valence-corrected chi connectivity index (χ2v) is 8.76. The first-order chi connectivity index (χ1) is 14.7. The summed E-state index contributed by atoms with van der Waals surface area (Å²) < 4.78 is 10.7. The molecule has 3 rings (SSSR count). The normalized spacial score (nSPS) is 19.6. The number of piperidine rings is 1. The first-order valence-electron chi connectivity index (χ1n) is 11.5. The molecule has 0 atom stereocenters. The van der Waals surface area contributed by atoms with Crippen molar-refractivity contribution in [1.82, 2.24) is 15.1 Å². The summed E-state index contributed by atoms with van der Waals surface area (Å²) in [4.78, 5) is 9.36. The number of ether oxygens (including phenoxy) is 2. The van der Waals surface area contributed by atoms with Crippen molar-refractivity contribution in [3.05, 3.63) is 29.8 Å². The minimum Gasteiger partial charge on any atom is -0.497 e. The van der Waals surface area contributed by atoms with Crippen molar-refractivity contribution < 1.29 is 9.47 Å². The van der Waals surface area contributed by atoms with Gasteiger partial charge in [0, 0.05) is 46.9 Å². The van der Waals surface area contributed by atoms with Crippen molar-refractivity contribution in [2.24, 2.45) is 16.8 Å². The Morgan fingerprint density at radius 1 is 1.13 bits per heavy atom. The van der Waals surface area contributed by atoms with E-state index in [9.17, 15) is 0 Å². The predicted molar refractivity (Wildman–Crippen MR) is 123 cm³/mol. The Morgan fingerprint density at radius 3 is 2.47 bits per heavy atom. The van der Waals surface area contributed by atoms with Gasteiger partial charge in [0.1, 0.15) is 5.75 Å². The standard InChI is InChI=1S/C24H40N4O2/c1-25-24(27(2)13-8-20-11-16-30-17-12-20)26-18-21-9-14-28(15-10-21)19-22-4-6-23(29-3)7-5-22/h4-7,20-21H,8-19H2,1-3H3,(H,25,26). The van der Waals surface area contributed by atoms with Gasteiger partial charge in [-0.05, 0) is 74.7 Å². The van der Waals surface area contributed by atoms with E-state index in [0.29, 0.717) is 0 Å². The molecule has 1 aromatic rings. The van der Waals surface area contributed by atoms with Crippen molar-refractivity contribution >= 4 is 5.96 Å². The van der Waals surface area contributed by atoms with Gasteiger partial charge in [0.25, 0.3) is 0 Å². The van der Waals surface area contributed by atoms with Crippen LogP contribution in [-0.4, -0.2) is 76.4 Å². The van der Waals surface area contributed by atoms with E-state index >= 15 is 0 Å². The quantitative estimate of drug-likeness (QED) is 0.521. The fraction of sp³-hybridized carbons (Fsp3) is 0.708. The van der Waals surface area contributed by atoms with Crippen molar-refractivity contribution in [3.63, 3.8) is 0 Å². The molecule has 6 heteroatoms. The highest BCUT2D eigenvalue weighted by Gasteiger charge is 2.20. The maximum absolute atomic E-state index is 5.47. The molecule has 6 nitrogen and oxygen atoms in total. The maximum atomic E-state index is 5.47. The first kappa shape index (κ1) is 22.9. The number of nitrogens with one attached hydrogen (secondary N) is 1. The van der Waals surface area contributed by atoms with Crippen LogP contribution in [0, 0.1) is 11.8 Å². The molecule has 168 valence electrons. The fourth-order valence-corrected chi connectivity index (χ4v) is 4.48. The predicted octanol–water partition coefficient (Wildman–Crippen LogP) is 3.23. The van der Waals surface area contributed by atoms with E-state index in [0.717, 1.165) is 69.5 Å². The van der Waals surface area contributed by atoms with Crippen LogP contribution >= 0.6 is 0 Å². The second kappa shape index (κ2) is 12.2. The lowest BCUT2D eigenvalue weighted by atomic mass is 9.96. The molecule has 2 aliphatic rings. The Balaban J connectivity index is 1.34. The molecule has 0 saturated carbocycles. The van der Waals surface area contributed by atoms with Gasteiger partial charge >= 0.3 is 0 Å². The van der Waals surface area contributed by atoms with Crippen LogP contribution in [0.4, 0.5) is 0 Å². The lowest BCUT2D eigenvalue weighted by Crippen LogP contribution is -2.44. The van der Waals surface area contributed by atoms with Crippen molar-refractivity contribution in [2.45, 2.75) is 38.6 Å². The van der Waals surface area contributed by atoms with Gasteiger partial charge < -0.3 is 19.7 Å². The summed E-state index contributed by atoms with van der Waals surface area (Å²) in [5.41, 5.74) is 1.36. The molecule has 0 aromatic heterocycles. The van der Waals surface area contributed by atoms with Crippen LogP contribution < -0.4 is 10.1 Å². The minimum atomic E-state index is 0.720. The van der Waals surface area contributed by atoms with E-state index in [-0.39, 0.29) is 0 Å². The van der Waals surface area contributed by atoms with E-state index in [2.05, 4.69) is 51.4 Å². The Morgan fingerprint density at radius 2 is 1.83 bits per heavy atom. The lowest BCUT2D eigenvalue weighted by Gasteiger charge is -2.33. The number of aliphatic imine (C=N–C) groups is 1. The molecule has 0 spiro atoms. The summed E-state index contributed by atoms with van der Waals surface area (Å²) in [5, 5.41) is 3.62. The maximum Gasteiger partial charge on any atom is 0.193 e. The number of methoxy groups -OCH3 is 1. The molecule has 0 radical (unpaired) electrons. The Hall–Kier alpha value is -1.79. The van der Waals surface area contributed by atoms with Crippen LogP contribution in [0.1, 0.15) is 37.7 Å². The number of likely N-dealkylation sites (tertiary alicyclic amines) is 1. The molecule has 30 heavy (non-hydrogen) atoms. The van der Waals surface area contributed by atoms with E-state index in [4.69, 9.17) is 9.47 Å². The second-order valence-electron chi connectivity index (χ2n) is 8.76. The molecule has 0 bridgehead atoms. The summed E-state index contributed by atoms with van der Waals surface area (Å²) in [6.45, 7) is 7.29. The summed E-state index contributed by atoms with van der Waals surface area (Å²) in [7, 11) is 5.77. The Bertz CT molecular complexity index is 635. The third-order valence-corrected chi connectivity index (χ3v) is 6.61. The van der Waals surface area contributed by atoms with Crippen LogP contribution in [0.2, 0.25) is 0 Å². The average Bonchev–Trinajstić information content (AvgIpc) is 2.80. The SMILES string of the molecule is CN=C(NCC1CCN(Cc2ccc(OC)cc2)CC1)N(C)CCC1CCOCC1. The molecule has 0 unspecified atom stereocenters. The van der Waals surface area contributed by atoms with E-state index in [1.807, 2.05) is 7.05 Å². The highest BCUT2D eigenvalue weighted by molar-refractivity contribution is 5.79. The monoisotopic (exact) mass is 416 g/mol. The third-order valence-electron chi connectivity index (χ3n) is 6.61. The van der Waals surface area contributed by atoms with E-state index in [1.165, 1.54) is 37.7 Å². The van der Waals surface area contributed by atoms with Crippen molar-refractivity contribution in [1.29, 1.82) is 0 Å². The Kier molecular flexibility index (Phi) is 9.27. The third kappa shape index (κ3) is 7.17. The summed E-state index contributed by atoms with van der Waals surface area (Å²) in [6, 6.07) is 8.45. The zero-order valence-corrected chi connectivity index (χ0v) is 19.1. The molecular weight excluding hydrogens is 376 g/mol. The van der Waals surface area contributed by atoms with Gasteiger partial charge in [0.2, 0.25) is 0 Å². The molecule has 1 aromatic carbocycles. The molecule has 2 heterocycles. The number of hydrogen-bond acceptors (Lipinski definition) is 4. The molecule has 1 N–H and O–H groups in total. The van der Waals surface area contributed by atoms with E-state index < -0.39 is 0 Å². The summed E-state index contributed by atoms with van der Waals surface area (Å²) in [5.74, 6) is 3.48. The van der Waals surface area contributed by atoms with Crippen LogP contribution in [0.25, 0.3) is 0 Å². The first-order valence-corrected chi connectivity index (χ1v) is 11.5. The average molecular weight is 417 g/mol. The molecule has 2 fully saturated rings. The van der Waals surface area contributed by atoms with Gasteiger partial charge in [0.15, 0.2) is 5.96 Å². The smallest absolute Gasteiger partial charge is 0.193 e. The molecule has 2 aliphatic heterocycles. The lowest BCUT2D eigenvalue weighted by molar-refractivity contribution is 0.0625. The fourth-order valence-electron chi connectivity index (χ4n) is 4.48. The van der Waals surface area contributed by atoms with Crippen LogP contribution in [-0.2, 0) is 11.3 Å². The van der Waals surface area contributed by atoms with Gasteiger partial charge in [0.05, 0.1) is 7.11 Å². The summed E-state index contributed by atoms with van der Waals surface area (Å²) >= 11 is 0. The van der Waals surface area contributed by atoms with Crippen LogP contribution in [0.3, 0.4) is 0 Å². The minimum absolute atomic E-state index is 0.720.